The van der Waals surface area contributed by atoms with Crippen LogP contribution in [-0.4, -0.2) is 10.2 Å². The first-order valence-electron chi connectivity index (χ1n) is 12.7. The molecule has 168 valence electrons. The molecule has 2 N–H and O–H groups in total. The van der Waals surface area contributed by atoms with Gasteiger partial charge in [-0.05, 0) is 91.7 Å². The quantitative estimate of drug-likeness (QED) is 0.446. The largest absolute Gasteiger partial charge is 0.508 e. The number of phenolic OH excluding ortho intramolecular Hbond substituents is 2. The maximum atomic E-state index is 9.81. The van der Waals surface area contributed by atoms with Crippen LogP contribution in [0.1, 0.15) is 95.1 Å². The highest BCUT2D eigenvalue weighted by Gasteiger charge is 2.40. The number of unbranched alkanes of at least 4 members (excludes halogenated alkanes) is 2. The number of phenols is 2. The molecule has 2 aromatic rings. The van der Waals surface area contributed by atoms with Crippen LogP contribution >= 0.6 is 0 Å². The molecule has 0 spiro atoms. The summed E-state index contributed by atoms with van der Waals surface area (Å²) in [7, 11) is 0. The van der Waals surface area contributed by atoms with Crippen LogP contribution in [-0.2, 0) is 5.41 Å². The molecule has 2 aliphatic rings. The average molecular weight is 421 g/mol. The van der Waals surface area contributed by atoms with Crippen molar-refractivity contribution in [2.24, 2.45) is 17.8 Å². The van der Waals surface area contributed by atoms with E-state index in [1.165, 1.54) is 75.3 Å². The van der Waals surface area contributed by atoms with Crippen molar-refractivity contribution in [1.82, 2.24) is 0 Å². The predicted molar refractivity (Wildman–Crippen MR) is 129 cm³/mol. The third-order valence-electron chi connectivity index (χ3n) is 8.50. The molecule has 2 heteroatoms. The lowest BCUT2D eigenvalue weighted by Crippen LogP contribution is -2.35. The van der Waals surface area contributed by atoms with Crippen molar-refractivity contribution in [2.75, 3.05) is 0 Å². The molecule has 2 aliphatic carbocycles. The predicted octanol–water partition coefficient (Wildman–Crippen LogP) is 7.96. The molecule has 0 aliphatic heterocycles. The Labute approximate surface area is 188 Å². The van der Waals surface area contributed by atoms with Gasteiger partial charge in [-0.3, -0.25) is 0 Å². The lowest BCUT2D eigenvalue weighted by Gasteiger charge is -2.44. The van der Waals surface area contributed by atoms with Crippen LogP contribution in [0.25, 0.3) is 0 Å². The zero-order valence-electron chi connectivity index (χ0n) is 19.2. The fourth-order valence-corrected chi connectivity index (χ4v) is 6.54. The summed E-state index contributed by atoms with van der Waals surface area (Å²) in [6.45, 7) is 2.30. The van der Waals surface area contributed by atoms with Crippen molar-refractivity contribution in [3.63, 3.8) is 0 Å². The van der Waals surface area contributed by atoms with Gasteiger partial charge in [0.25, 0.3) is 0 Å². The molecule has 0 amide bonds. The van der Waals surface area contributed by atoms with Crippen LogP contribution in [0, 0.1) is 17.8 Å². The number of aromatic hydroxyl groups is 2. The van der Waals surface area contributed by atoms with E-state index in [0.717, 1.165) is 30.6 Å². The van der Waals surface area contributed by atoms with Gasteiger partial charge in [0.15, 0.2) is 0 Å². The topological polar surface area (TPSA) is 40.5 Å². The highest BCUT2D eigenvalue weighted by molar-refractivity contribution is 5.43. The molecular weight excluding hydrogens is 380 g/mol. The Morgan fingerprint density at radius 3 is 1.65 bits per heavy atom. The summed E-state index contributed by atoms with van der Waals surface area (Å²) in [6.07, 6.45) is 16.3. The second kappa shape index (κ2) is 10.1. The van der Waals surface area contributed by atoms with Crippen molar-refractivity contribution in [3.05, 3.63) is 59.7 Å². The summed E-state index contributed by atoms with van der Waals surface area (Å²) in [5.74, 6) is 3.42. The molecule has 0 unspecified atom stereocenters. The van der Waals surface area contributed by atoms with Gasteiger partial charge in [-0.25, -0.2) is 0 Å². The summed E-state index contributed by atoms with van der Waals surface area (Å²) in [5.41, 5.74) is 2.60. The number of rotatable bonds is 7. The van der Waals surface area contributed by atoms with Crippen molar-refractivity contribution in [3.8, 4) is 11.5 Å². The summed E-state index contributed by atoms with van der Waals surface area (Å²) in [4.78, 5) is 0. The molecule has 0 radical (unpaired) electrons. The average Bonchev–Trinajstić information content (AvgIpc) is 2.81. The first-order chi connectivity index (χ1) is 15.1. The molecule has 0 atom stereocenters. The van der Waals surface area contributed by atoms with Crippen LogP contribution in [0.5, 0.6) is 11.5 Å². The molecule has 2 aromatic carbocycles. The Bertz CT molecular complexity index is 744. The zero-order valence-corrected chi connectivity index (χ0v) is 19.2. The third-order valence-corrected chi connectivity index (χ3v) is 8.50. The minimum absolute atomic E-state index is 0.00471. The molecule has 2 saturated carbocycles. The molecule has 31 heavy (non-hydrogen) atoms. The van der Waals surface area contributed by atoms with Crippen molar-refractivity contribution in [2.45, 2.75) is 89.4 Å². The molecule has 0 bridgehead atoms. The molecule has 0 aromatic heterocycles. The van der Waals surface area contributed by atoms with E-state index in [2.05, 4.69) is 31.2 Å². The van der Waals surface area contributed by atoms with Gasteiger partial charge in [-0.15, -0.1) is 0 Å². The van der Waals surface area contributed by atoms with Gasteiger partial charge in [0.05, 0.1) is 0 Å². The standard InChI is InChI=1S/C29H40O2/c1-2-3-4-5-22-6-8-23(9-7-22)24-18-20-29(21-19-24,25-10-14-27(30)15-11-25)26-12-16-28(31)17-13-26/h10-17,22-24,30-31H,2-9,18-21H2,1H3. The molecule has 2 nitrogen and oxygen atoms in total. The fourth-order valence-electron chi connectivity index (χ4n) is 6.54. The number of hydrogen-bond acceptors (Lipinski definition) is 2. The highest BCUT2D eigenvalue weighted by atomic mass is 16.3. The monoisotopic (exact) mass is 420 g/mol. The second-order valence-corrected chi connectivity index (χ2v) is 10.3. The molecule has 0 heterocycles. The van der Waals surface area contributed by atoms with E-state index in [-0.39, 0.29) is 5.41 Å². The molecular formula is C29H40O2. The molecule has 4 rings (SSSR count). The van der Waals surface area contributed by atoms with Gasteiger partial charge in [0.2, 0.25) is 0 Å². The minimum Gasteiger partial charge on any atom is -0.508 e. The van der Waals surface area contributed by atoms with Crippen molar-refractivity contribution in [1.29, 1.82) is 0 Å². The Kier molecular flexibility index (Phi) is 7.25. The Hall–Kier alpha value is -1.96. The van der Waals surface area contributed by atoms with Crippen LogP contribution in [0.3, 0.4) is 0 Å². The molecule has 0 saturated heterocycles. The summed E-state index contributed by atoms with van der Waals surface area (Å²) in [6, 6.07) is 15.7. The normalized spacial score (nSPS) is 24.2. The van der Waals surface area contributed by atoms with E-state index in [1.807, 2.05) is 24.3 Å². The van der Waals surface area contributed by atoms with Gasteiger partial charge < -0.3 is 10.2 Å². The maximum Gasteiger partial charge on any atom is 0.115 e. The zero-order chi connectivity index (χ0) is 21.7. The number of hydrogen-bond donors (Lipinski definition) is 2. The first kappa shape index (κ1) is 22.2. The van der Waals surface area contributed by atoms with Gasteiger partial charge in [0, 0.05) is 5.41 Å². The lowest BCUT2D eigenvalue weighted by atomic mass is 9.60. The van der Waals surface area contributed by atoms with Crippen LogP contribution in [0.4, 0.5) is 0 Å². The summed E-state index contributed by atoms with van der Waals surface area (Å²) >= 11 is 0. The highest BCUT2D eigenvalue weighted by Crippen LogP contribution is 2.50. The van der Waals surface area contributed by atoms with Gasteiger partial charge in [-0.1, -0.05) is 69.7 Å². The van der Waals surface area contributed by atoms with E-state index >= 15 is 0 Å². The van der Waals surface area contributed by atoms with Crippen LogP contribution < -0.4 is 0 Å². The smallest absolute Gasteiger partial charge is 0.115 e. The second-order valence-electron chi connectivity index (χ2n) is 10.3. The van der Waals surface area contributed by atoms with E-state index in [9.17, 15) is 10.2 Å². The van der Waals surface area contributed by atoms with E-state index < -0.39 is 0 Å². The lowest BCUT2D eigenvalue weighted by molar-refractivity contribution is 0.140. The van der Waals surface area contributed by atoms with Crippen molar-refractivity contribution >= 4 is 0 Å². The SMILES string of the molecule is CCCCCC1CCC(C2CCC(c3ccc(O)cc3)(c3ccc(O)cc3)CC2)CC1. The van der Waals surface area contributed by atoms with E-state index in [0.29, 0.717) is 11.5 Å². The Balaban J connectivity index is 1.43. The van der Waals surface area contributed by atoms with Crippen LogP contribution in [0.2, 0.25) is 0 Å². The third kappa shape index (κ3) is 5.10. The molecule has 2 fully saturated rings. The van der Waals surface area contributed by atoms with Gasteiger partial charge >= 0.3 is 0 Å². The summed E-state index contributed by atoms with van der Waals surface area (Å²) < 4.78 is 0. The fraction of sp³-hybridized carbons (Fsp3) is 0.586. The Morgan fingerprint density at radius 2 is 1.16 bits per heavy atom. The van der Waals surface area contributed by atoms with Crippen molar-refractivity contribution < 1.29 is 10.2 Å². The minimum atomic E-state index is -0.00471. The van der Waals surface area contributed by atoms with Gasteiger partial charge in [-0.2, -0.15) is 0 Å². The van der Waals surface area contributed by atoms with E-state index in [4.69, 9.17) is 0 Å². The number of benzene rings is 2. The van der Waals surface area contributed by atoms with E-state index in [1.54, 1.807) is 0 Å². The first-order valence-corrected chi connectivity index (χ1v) is 12.7. The van der Waals surface area contributed by atoms with Crippen LogP contribution in [0.15, 0.2) is 48.5 Å². The maximum absolute atomic E-state index is 9.81. The van der Waals surface area contributed by atoms with Gasteiger partial charge in [0.1, 0.15) is 11.5 Å². The summed E-state index contributed by atoms with van der Waals surface area (Å²) in [5, 5.41) is 19.6. The Morgan fingerprint density at radius 1 is 0.677 bits per heavy atom.